The summed E-state index contributed by atoms with van der Waals surface area (Å²) in [6.45, 7) is 0.397. The maximum Gasteiger partial charge on any atom is 0.255 e. The van der Waals surface area contributed by atoms with Crippen LogP contribution in [0.2, 0.25) is 0 Å². The van der Waals surface area contributed by atoms with Gasteiger partial charge >= 0.3 is 0 Å². The summed E-state index contributed by atoms with van der Waals surface area (Å²) in [6.07, 6.45) is 5.31. The molecule has 0 aliphatic rings. The molecule has 0 bridgehead atoms. The van der Waals surface area contributed by atoms with E-state index in [1.165, 1.54) is 11.0 Å². The topological polar surface area (TPSA) is 72.6 Å². The maximum atomic E-state index is 12.2. The van der Waals surface area contributed by atoms with Crippen LogP contribution in [-0.2, 0) is 16.1 Å². The fourth-order valence-electron chi connectivity index (χ4n) is 2.21. The van der Waals surface area contributed by atoms with E-state index < -0.39 is 5.91 Å². The van der Waals surface area contributed by atoms with Gasteiger partial charge in [0.15, 0.2) is 6.61 Å². The Morgan fingerprint density at radius 1 is 1.12 bits per heavy atom. The lowest BCUT2D eigenvalue weighted by molar-refractivity contribution is -0.125. The average molecular weight is 370 g/mol. The van der Waals surface area contributed by atoms with E-state index in [0.717, 1.165) is 11.1 Å². The van der Waals surface area contributed by atoms with Gasteiger partial charge < -0.3 is 15.4 Å². The molecule has 26 heavy (non-hydrogen) atoms. The molecule has 0 fully saturated rings. The van der Waals surface area contributed by atoms with Crippen molar-refractivity contribution in [3.63, 3.8) is 0 Å². The van der Waals surface area contributed by atoms with E-state index in [4.69, 9.17) is 10.5 Å². The van der Waals surface area contributed by atoms with E-state index in [1.54, 1.807) is 54.1 Å². The zero-order chi connectivity index (χ0) is 18.9. The largest absolute Gasteiger partial charge is 0.484 e. The number of benzene rings is 2. The van der Waals surface area contributed by atoms with Crippen molar-refractivity contribution in [1.82, 2.24) is 4.90 Å². The van der Waals surface area contributed by atoms with Crippen LogP contribution in [0.15, 0.2) is 59.5 Å². The molecule has 0 aromatic heterocycles. The minimum Gasteiger partial charge on any atom is -0.484 e. The zero-order valence-corrected chi connectivity index (χ0v) is 15.7. The molecule has 0 saturated carbocycles. The Kier molecular flexibility index (Phi) is 7.29. The predicted octanol–water partition coefficient (Wildman–Crippen LogP) is 2.94. The molecule has 0 atom stereocenters. The normalized spacial score (nSPS) is 10.7. The van der Waals surface area contributed by atoms with E-state index in [-0.39, 0.29) is 12.5 Å². The highest BCUT2D eigenvalue weighted by Gasteiger charge is 2.06. The maximum absolute atomic E-state index is 12.2. The van der Waals surface area contributed by atoms with Crippen LogP contribution >= 0.6 is 11.8 Å². The molecule has 2 aromatic carbocycles. The number of rotatable bonds is 8. The summed E-state index contributed by atoms with van der Waals surface area (Å²) in [4.78, 5) is 25.8. The van der Waals surface area contributed by atoms with Gasteiger partial charge in [0.25, 0.3) is 5.91 Å². The zero-order valence-electron chi connectivity index (χ0n) is 14.8. The van der Waals surface area contributed by atoms with Crippen molar-refractivity contribution in [2.75, 3.05) is 19.9 Å². The van der Waals surface area contributed by atoms with Crippen LogP contribution in [0.4, 0.5) is 0 Å². The highest BCUT2D eigenvalue weighted by molar-refractivity contribution is 7.98. The van der Waals surface area contributed by atoms with E-state index in [0.29, 0.717) is 12.3 Å². The van der Waals surface area contributed by atoms with Crippen LogP contribution in [0.1, 0.15) is 11.1 Å². The molecule has 2 amide bonds. The lowest BCUT2D eigenvalue weighted by Gasteiger charge is -2.15. The summed E-state index contributed by atoms with van der Waals surface area (Å²) >= 11 is 1.69. The SMILES string of the molecule is CSc1ccc(CN(C)C(=O)/C=C/c2ccc(OCC(N)=O)cc2)cc1. The van der Waals surface area contributed by atoms with Crippen LogP contribution in [-0.4, -0.2) is 36.6 Å². The fourth-order valence-corrected chi connectivity index (χ4v) is 2.62. The molecule has 2 N–H and O–H groups in total. The van der Waals surface area contributed by atoms with Crippen LogP contribution in [0, 0.1) is 0 Å². The summed E-state index contributed by atoms with van der Waals surface area (Å²) in [5, 5.41) is 0. The minimum atomic E-state index is -0.523. The molecule has 5 nitrogen and oxygen atoms in total. The Balaban J connectivity index is 1.89. The van der Waals surface area contributed by atoms with Gasteiger partial charge in [-0.15, -0.1) is 11.8 Å². The number of primary amides is 1. The van der Waals surface area contributed by atoms with Gasteiger partial charge in [-0.05, 0) is 47.7 Å². The number of nitrogens with zero attached hydrogens (tertiary/aromatic N) is 1. The molecular weight excluding hydrogens is 348 g/mol. The van der Waals surface area contributed by atoms with Gasteiger partial charge in [0.05, 0.1) is 0 Å². The average Bonchev–Trinajstić information content (AvgIpc) is 2.65. The molecule has 0 aliphatic heterocycles. The number of hydrogen-bond acceptors (Lipinski definition) is 4. The smallest absolute Gasteiger partial charge is 0.255 e. The molecular formula is C20H22N2O3S. The first-order chi connectivity index (χ1) is 12.5. The van der Waals surface area contributed by atoms with Gasteiger partial charge in [-0.3, -0.25) is 9.59 Å². The van der Waals surface area contributed by atoms with Gasteiger partial charge in [0.1, 0.15) is 5.75 Å². The first kappa shape index (κ1) is 19.6. The van der Waals surface area contributed by atoms with Crippen molar-refractivity contribution >= 4 is 29.7 Å². The second-order valence-corrected chi connectivity index (χ2v) is 6.58. The molecule has 2 aromatic rings. The van der Waals surface area contributed by atoms with Crippen LogP contribution in [0.5, 0.6) is 5.75 Å². The number of thioether (sulfide) groups is 1. The molecule has 0 radical (unpaired) electrons. The number of nitrogens with two attached hydrogens (primary N) is 1. The molecule has 136 valence electrons. The molecule has 0 unspecified atom stereocenters. The Hall–Kier alpha value is -2.73. The molecule has 0 aliphatic carbocycles. The number of amides is 2. The van der Waals surface area contributed by atoms with Crippen molar-refractivity contribution in [2.24, 2.45) is 5.73 Å². The number of carbonyl (C=O) groups excluding carboxylic acids is 2. The van der Waals surface area contributed by atoms with Crippen molar-refractivity contribution in [3.05, 3.63) is 65.7 Å². The van der Waals surface area contributed by atoms with Gasteiger partial charge in [-0.25, -0.2) is 0 Å². The number of carbonyl (C=O) groups is 2. The third-order valence-electron chi connectivity index (χ3n) is 3.63. The summed E-state index contributed by atoms with van der Waals surface area (Å²) in [7, 11) is 1.77. The second kappa shape index (κ2) is 9.68. The molecule has 6 heteroatoms. The first-order valence-electron chi connectivity index (χ1n) is 8.05. The Labute approximate surface area is 157 Å². The number of likely N-dealkylation sites (N-methyl/N-ethyl adjacent to an activating group) is 1. The van der Waals surface area contributed by atoms with Gasteiger partial charge in [-0.2, -0.15) is 0 Å². The van der Waals surface area contributed by atoms with Gasteiger partial charge in [0.2, 0.25) is 5.91 Å². The Bertz CT molecular complexity index is 771. The van der Waals surface area contributed by atoms with E-state index in [2.05, 4.69) is 12.1 Å². The highest BCUT2D eigenvalue weighted by atomic mass is 32.2. The lowest BCUT2D eigenvalue weighted by atomic mass is 10.2. The molecule has 0 saturated heterocycles. The van der Waals surface area contributed by atoms with Crippen LogP contribution < -0.4 is 10.5 Å². The monoisotopic (exact) mass is 370 g/mol. The van der Waals surface area contributed by atoms with E-state index >= 15 is 0 Å². The van der Waals surface area contributed by atoms with Gasteiger partial charge in [-0.1, -0.05) is 24.3 Å². The van der Waals surface area contributed by atoms with Crippen molar-refractivity contribution in [1.29, 1.82) is 0 Å². The molecule has 0 heterocycles. The highest BCUT2D eigenvalue weighted by Crippen LogP contribution is 2.16. The van der Waals surface area contributed by atoms with Crippen LogP contribution in [0.25, 0.3) is 6.08 Å². The number of hydrogen-bond donors (Lipinski definition) is 1. The lowest BCUT2D eigenvalue weighted by Crippen LogP contribution is -2.24. The Morgan fingerprint density at radius 3 is 2.35 bits per heavy atom. The second-order valence-electron chi connectivity index (χ2n) is 5.70. The fraction of sp³-hybridized carbons (Fsp3) is 0.200. The quantitative estimate of drug-likeness (QED) is 0.573. The summed E-state index contributed by atoms with van der Waals surface area (Å²) in [6, 6.07) is 15.2. The first-order valence-corrected chi connectivity index (χ1v) is 9.27. The third-order valence-corrected chi connectivity index (χ3v) is 4.38. The van der Waals surface area contributed by atoms with Crippen molar-refractivity contribution in [3.8, 4) is 5.75 Å². The van der Waals surface area contributed by atoms with E-state index in [9.17, 15) is 9.59 Å². The van der Waals surface area contributed by atoms with Crippen LogP contribution in [0.3, 0.4) is 0 Å². The van der Waals surface area contributed by atoms with Gasteiger partial charge in [0, 0.05) is 24.6 Å². The predicted molar refractivity (Wildman–Crippen MR) is 105 cm³/mol. The van der Waals surface area contributed by atoms with Crippen molar-refractivity contribution < 1.29 is 14.3 Å². The minimum absolute atomic E-state index is 0.0759. The Morgan fingerprint density at radius 2 is 1.77 bits per heavy atom. The summed E-state index contributed by atoms with van der Waals surface area (Å²) in [5.74, 6) is -0.0447. The summed E-state index contributed by atoms with van der Waals surface area (Å²) in [5.41, 5.74) is 6.98. The van der Waals surface area contributed by atoms with Crippen molar-refractivity contribution in [2.45, 2.75) is 11.4 Å². The standard InChI is InChI=1S/C20H22N2O3S/c1-22(13-16-5-10-18(26-2)11-6-16)20(24)12-7-15-3-8-17(9-4-15)25-14-19(21)23/h3-12H,13-14H2,1-2H3,(H2,21,23)/b12-7+. The molecule has 0 spiro atoms. The molecule has 2 rings (SSSR count). The van der Waals surface area contributed by atoms with E-state index in [1.807, 2.05) is 18.4 Å². The third kappa shape index (κ3) is 6.29. The summed E-state index contributed by atoms with van der Waals surface area (Å²) < 4.78 is 5.19. The number of ether oxygens (including phenoxy) is 1.